The Morgan fingerprint density at radius 3 is 2.54 bits per heavy atom. The summed E-state index contributed by atoms with van der Waals surface area (Å²) in [4.78, 5) is 25.8. The summed E-state index contributed by atoms with van der Waals surface area (Å²) in [6.45, 7) is 5.94. The van der Waals surface area contributed by atoms with Crippen LogP contribution in [-0.4, -0.2) is 45.6 Å². The molecule has 1 fully saturated rings. The van der Waals surface area contributed by atoms with Crippen LogP contribution in [0.15, 0.2) is 24.3 Å². The first-order chi connectivity index (χ1) is 16.5. The standard InChI is InChI=1S/C14H18N2O4.C10H11ClF3N/c1-9-3-2-4-15(9)13(17)11-7-10(14(18)19)12-8-20-6-5-16(11)12;1-2-9(15)6-3-4-7(8(11)5-6)10(12,13)14/h7,9H,2-6,8H2,1H3,(H,18,19);3-5,9H,2,15H2,1H3/t2*9-/m01/s1. The summed E-state index contributed by atoms with van der Waals surface area (Å²) in [5, 5.41) is 8.96. The molecule has 1 aromatic heterocycles. The van der Waals surface area contributed by atoms with Crippen LogP contribution in [0.1, 0.15) is 76.8 Å². The molecule has 3 N–H and O–H groups in total. The molecule has 192 valence electrons. The maximum Gasteiger partial charge on any atom is 0.417 e. The van der Waals surface area contributed by atoms with Gasteiger partial charge >= 0.3 is 12.1 Å². The van der Waals surface area contributed by atoms with Crippen LogP contribution in [0, 0.1) is 0 Å². The van der Waals surface area contributed by atoms with Crippen LogP contribution < -0.4 is 5.73 Å². The number of ether oxygens (including phenoxy) is 1. The molecule has 0 saturated carbocycles. The van der Waals surface area contributed by atoms with Gasteiger partial charge in [-0.3, -0.25) is 4.79 Å². The number of aromatic carboxylic acids is 1. The number of carbonyl (C=O) groups is 2. The fraction of sp³-hybridized carbons (Fsp3) is 0.500. The number of nitrogens with two attached hydrogens (primary N) is 1. The van der Waals surface area contributed by atoms with Crippen molar-refractivity contribution in [3.05, 3.63) is 57.4 Å². The first-order valence-corrected chi connectivity index (χ1v) is 11.8. The predicted molar refractivity (Wildman–Crippen MR) is 124 cm³/mol. The summed E-state index contributed by atoms with van der Waals surface area (Å²) in [6, 6.07) is 5.06. The Bertz CT molecular complexity index is 1090. The fourth-order valence-electron chi connectivity index (χ4n) is 4.30. The van der Waals surface area contributed by atoms with Gasteiger partial charge in [0.2, 0.25) is 0 Å². The van der Waals surface area contributed by atoms with E-state index in [9.17, 15) is 27.9 Å². The molecule has 11 heteroatoms. The van der Waals surface area contributed by atoms with Crippen molar-refractivity contribution in [1.82, 2.24) is 9.47 Å². The van der Waals surface area contributed by atoms with Gasteiger partial charge < -0.3 is 25.0 Å². The second kappa shape index (κ2) is 11.0. The zero-order valence-electron chi connectivity index (χ0n) is 19.6. The van der Waals surface area contributed by atoms with E-state index in [1.165, 1.54) is 18.2 Å². The number of benzene rings is 1. The van der Waals surface area contributed by atoms with Gasteiger partial charge in [0.25, 0.3) is 5.91 Å². The molecule has 1 saturated heterocycles. The molecule has 0 radical (unpaired) electrons. The van der Waals surface area contributed by atoms with Gasteiger partial charge in [0.05, 0.1) is 35.1 Å². The molecule has 2 atom stereocenters. The van der Waals surface area contributed by atoms with Crippen LogP contribution in [-0.2, 0) is 24.1 Å². The summed E-state index contributed by atoms with van der Waals surface area (Å²) in [5.74, 6) is -1.07. The lowest BCUT2D eigenvalue weighted by molar-refractivity contribution is -0.137. The first-order valence-electron chi connectivity index (χ1n) is 11.4. The second-order valence-corrected chi connectivity index (χ2v) is 9.05. The Morgan fingerprint density at radius 1 is 1.29 bits per heavy atom. The van der Waals surface area contributed by atoms with E-state index in [-0.39, 0.29) is 35.2 Å². The Morgan fingerprint density at radius 2 is 2.00 bits per heavy atom. The zero-order valence-corrected chi connectivity index (χ0v) is 20.3. The number of carboxylic acid groups (broad SMARTS) is 1. The number of likely N-dealkylation sites (tertiary alicyclic amines) is 1. The van der Waals surface area contributed by atoms with Crippen LogP contribution in [0.25, 0.3) is 0 Å². The second-order valence-electron chi connectivity index (χ2n) is 8.64. The van der Waals surface area contributed by atoms with Gasteiger partial charge in [0.15, 0.2) is 0 Å². The highest BCUT2D eigenvalue weighted by Crippen LogP contribution is 2.35. The quantitative estimate of drug-likeness (QED) is 0.589. The summed E-state index contributed by atoms with van der Waals surface area (Å²) in [5.41, 5.74) is 6.74. The summed E-state index contributed by atoms with van der Waals surface area (Å²) >= 11 is 5.54. The Kier molecular flexibility index (Phi) is 8.50. The first kappa shape index (κ1) is 27.0. The summed E-state index contributed by atoms with van der Waals surface area (Å²) in [7, 11) is 0. The van der Waals surface area contributed by atoms with Crippen molar-refractivity contribution in [2.45, 2.75) is 64.5 Å². The van der Waals surface area contributed by atoms with Crippen LogP contribution in [0.4, 0.5) is 13.2 Å². The number of amides is 1. The minimum Gasteiger partial charge on any atom is -0.478 e. The zero-order chi connectivity index (χ0) is 25.9. The average molecular weight is 516 g/mol. The maximum atomic E-state index is 12.6. The number of carboxylic acids is 1. The molecule has 7 nitrogen and oxygen atoms in total. The van der Waals surface area contributed by atoms with E-state index in [1.807, 2.05) is 18.7 Å². The molecule has 0 unspecified atom stereocenters. The molecule has 4 rings (SSSR count). The van der Waals surface area contributed by atoms with E-state index >= 15 is 0 Å². The van der Waals surface area contributed by atoms with Crippen molar-refractivity contribution >= 4 is 23.5 Å². The van der Waals surface area contributed by atoms with Crippen LogP contribution in [0.2, 0.25) is 5.02 Å². The van der Waals surface area contributed by atoms with Crippen molar-refractivity contribution in [2.24, 2.45) is 5.73 Å². The minimum atomic E-state index is -4.41. The molecular formula is C24H29ClF3N3O4. The minimum absolute atomic E-state index is 0.0642. The number of fused-ring (bicyclic) bond motifs is 1. The normalized spacial score (nSPS) is 18.5. The van der Waals surface area contributed by atoms with Crippen LogP contribution in [0.3, 0.4) is 0 Å². The van der Waals surface area contributed by atoms with E-state index in [0.29, 0.717) is 36.5 Å². The van der Waals surface area contributed by atoms with E-state index in [4.69, 9.17) is 22.1 Å². The van der Waals surface area contributed by atoms with Crippen molar-refractivity contribution in [3.63, 3.8) is 0 Å². The van der Waals surface area contributed by atoms with Gasteiger partial charge in [-0.05, 0) is 49.9 Å². The molecule has 0 aliphatic carbocycles. The highest BCUT2D eigenvalue weighted by atomic mass is 35.5. The smallest absolute Gasteiger partial charge is 0.417 e. The van der Waals surface area contributed by atoms with E-state index in [2.05, 4.69) is 0 Å². The number of carbonyl (C=O) groups excluding carboxylic acids is 1. The monoisotopic (exact) mass is 515 g/mol. The van der Waals surface area contributed by atoms with Crippen molar-refractivity contribution in [3.8, 4) is 0 Å². The van der Waals surface area contributed by atoms with Gasteiger partial charge in [-0.15, -0.1) is 0 Å². The number of halogens is 4. The molecule has 0 bridgehead atoms. The number of hydrogen-bond acceptors (Lipinski definition) is 4. The number of nitrogens with zero attached hydrogens (tertiary/aromatic N) is 2. The molecular weight excluding hydrogens is 487 g/mol. The highest BCUT2D eigenvalue weighted by Gasteiger charge is 2.33. The third kappa shape index (κ3) is 5.99. The number of alkyl halides is 3. The molecule has 1 aromatic carbocycles. The molecule has 2 aliphatic rings. The maximum absolute atomic E-state index is 12.6. The fourth-order valence-corrected chi connectivity index (χ4v) is 4.59. The number of hydrogen-bond donors (Lipinski definition) is 2. The Labute approximate surface area is 206 Å². The number of aromatic nitrogens is 1. The Balaban J connectivity index is 0.000000205. The SMILES string of the molecule is CC[C@@H](N)c1ccc(C(F)(F)F)c(Cl)c1.C[C@H]1CCCN1C(=O)c1cc(C(=O)O)c2n1CCOC2. The van der Waals surface area contributed by atoms with Crippen LogP contribution >= 0.6 is 11.6 Å². The third-order valence-electron chi connectivity index (χ3n) is 6.34. The van der Waals surface area contributed by atoms with Crippen molar-refractivity contribution in [2.75, 3.05) is 13.2 Å². The third-order valence-corrected chi connectivity index (χ3v) is 6.65. The van der Waals surface area contributed by atoms with E-state index in [1.54, 1.807) is 4.57 Å². The van der Waals surface area contributed by atoms with Gasteiger partial charge in [0.1, 0.15) is 5.69 Å². The van der Waals surface area contributed by atoms with Gasteiger partial charge in [-0.2, -0.15) is 13.2 Å². The van der Waals surface area contributed by atoms with Gasteiger partial charge in [-0.1, -0.05) is 24.6 Å². The molecule has 2 aliphatic heterocycles. The predicted octanol–water partition coefficient (Wildman–Crippen LogP) is 5.11. The topological polar surface area (TPSA) is 97.8 Å². The average Bonchev–Trinajstić information content (AvgIpc) is 3.41. The lowest BCUT2D eigenvalue weighted by Gasteiger charge is -2.24. The van der Waals surface area contributed by atoms with E-state index in [0.717, 1.165) is 25.5 Å². The van der Waals surface area contributed by atoms with Gasteiger partial charge in [-0.25, -0.2) is 4.79 Å². The summed E-state index contributed by atoms with van der Waals surface area (Å²) < 4.78 is 44.2. The Hall–Kier alpha value is -2.56. The van der Waals surface area contributed by atoms with Crippen molar-refractivity contribution < 1.29 is 32.6 Å². The molecule has 1 amide bonds. The van der Waals surface area contributed by atoms with Crippen LogP contribution in [0.5, 0.6) is 0 Å². The number of rotatable bonds is 4. The molecule has 35 heavy (non-hydrogen) atoms. The van der Waals surface area contributed by atoms with Crippen molar-refractivity contribution in [1.29, 1.82) is 0 Å². The summed E-state index contributed by atoms with van der Waals surface area (Å²) in [6.07, 6.45) is -1.74. The van der Waals surface area contributed by atoms with E-state index < -0.39 is 17.7 Å². The lowest BCUT2D eigenvalue weighted by atomic mass is 10.0. The molecule has 0 spiro atoms. The molecule has 3 heterocycles. The largest absolute Gasteiger partial charge is 0.478 e. The molecule has 2 aromatic rings. The van der Waals surface area contributed by atoms with Gasteiger partial charge in [0, 0.05) is 25.2 Å². The highest BCUT2D eigenvalue weighted by molar-refractivity contribution is 6.31. The lowest BCUT2D eigenvalue weighted by Crippen LogP contribution is -2.35.